The molecule has 10 aromatic carbocycles. The Kier molecular flexibility index (Phi) is 10.4. The van der Waals surface area contributed by atoms with E-state index in [1.54, 1.807) is 0 Å². The van der Waals surface area contributed by atoms with Gasteiger partial charge < -0.3 is 9.30 Å². The van der Waals surface area contributed by atoms with Gasteiger partial charge in [0.1, 0.15) is 11.5 Å². The first-order chi connectivity index (χ1) is 39.4. The number of benzene rings is 10. The third-order valence-corrected chi connectivity index (χ3v) is 15.0. The first-order valence-corrected chi connectivity index (χ1v) is 25.5. The van der Waals surface area contributed by atoms with Crippen molar-refractivity contribution in [3.63, 3.8) is 0 Å². The Morgan fingerprint density at radius 3 is 1.95 bits per heavy atom. The third-order valence-electron chi connectivity index (χ3n) is 15.0. The minimum atomic E-state index is -0.690. The molecule has 14 rings (SSSR count). The van der Waals surface area contributed by atoms with E-state index in [0.717, 1.165) is 77.9 Å². The number of hydrogen-bond acceptors (Lipinski definition) is 2. The van der Waals surface area contributed by atoms with Gasteiger partial charge in [0.2, 0.25) is 5.69 Å². The third kappa shape index (κ3) is 7.85. The molecule has 0 saturated carbocycles. The zero-order valence-corrected chi connectivity index (χ0v) is 44.6. The summed E-state index contributed by atoms with van der Waals surface area (Å²) in [4.78, 5) is 4.86. The van der Waals surface area contributed by atoms with Gasteiger partial charge in [-0.3, -0.25) is 0 Å². The van der Waals surface area contributed by atoms with Crippen molar-refractivity contribution in [1.29, 1.82) is 0 Å². The molecule has 12 aromatic rings. The molecule has 0 saturated heterocycles. The van der Waals surface area contributed by atoms with Gasteiger partial charge in [-0.1, -0.05) is 207 Å². The van der Waals surface area contributed by atoms with Crippen LogP contribution in [-0.4, -0.2) is 15.6 Å². The van der Waals surface area contributed by atoms with Crippen LogP contribution in [0.4, 0.5) is 22.7 Å². The van der Waals surface area contributed by atoms with Gasteiger partial charge in [0.15, 0.2) is 0 Å². The molecule has 0 bridgehead atoms. The molecule has 1 aliphatic heterocycles. The number of ether oxygens (including phenoxy) is 1. The summed E-state index contributed by atoms with van der Waals surface area (Å²) in [6, 6.07) is 81.5. The van der Waals surface area contributed by atoms with E-state index in [0.29, 0.717) is 28.4 Å². The molecule has 2 aliphatic rings. The van der Waals surface area contributed by atoms with Gasteiger partial charge in [-0.05, 0) is 102 Å². The van der Waals surface area contributed by atoms with E-state index in [2.05, 4.69) is 165 Å². The second kappa shape index (κ2) is 19.0. The maximum Gasteiger partial charge on any atom is 2.00 e. The van der Waals surface area contributed by atoms with Crippen LogP contribution in [0.2, 0.25) is 0 Å². The van der Waals surface area contributed by atoms with Gasteiger partial charge in [0.25, 0.3) is 11.4 Å². The van der Waals surface area contributed by atoms with Crippen LogP contribution in [0.1, 0.15) is 55.4 Å². The topological polar surface area (TPSA) is 33.1 Å². The maximum atomic E-state index is 9.38. The zero-order chi connectivity index (χ0) is 55.3. The zero-order valence-electron chi connectivity index (χ0n) is 47.3. The molecule has 0 radical (unpaired) electrons. The molecule has 0 N–H and O–H groups in total. The van der Waals surface area contributed by atoms with Gasteiger partial charge in [0, 0.05) is 35.3 Å². The Morgan fingerprint density at radius 1 is 0.545 bits per heavy atom. The number of pyridine rings is 1. The minimum Gasteiger partial charge on any atom is -0.509 e. The van der Waals surface area contributed by atoms with E-state index in [-0.39, 0.29) is 44.1 Å². The molecule has 368 valence electrons. The maximum absolute atomic E-state index is 9.38. The van der Waals surface area contributed by atoms with Crippen LogP contribution in [0.3, 0.4) is 0 Å². The fraction of sp³-hybridized carbons (Fsp3) is 0.0704. The largest absolute Gasteiger partial charge is 2.00 e. The standard InChI is InChI=1S/C71H50N4O.Pt/c1-70(2,3)52-41-42-72-68(44-52)75-64-34-16-14-30-60(64)61-40-38-55(46-67(61)75)76-54-28-19-27-53(45-54)73-47-74(66-36-18-17-35-65(66)73)69-56(48-21-7-4-8-22-48)31-20-32-57(69)49-37-39-59-58-29-13-15-33-62(58)71(63(59)43-49,50-23-9-5-10-24-50)51-25-11-6-12-26-51;/h4-44H,1-3H3;/q;+2/i4D,7D,8D,21D,22D;. The number of para-hydroxylation sites is 4. The van der Waals surface area contributed by atoms with Crippen molar-refractivity contribution in [2.75, 3.05) is 0 Å². The Bertz CT molecular complexity index is 4590. The number of hydrogen-bond donors (Lipinski definition) is 0. The van der Waals surface area contributed by atoms with Crippen LogP contribution in [0.25, 0.3) is 61.0 Å². The van der Waals surface area contributed by atoms with Gasteiger partial charge in [-0.2, -0.15) is 12.1 Å². The van der Waals surface area contributed by atoms with Crippen LogP contribution in [0, 0.1) is 12.1 Å². The Balaban J connectivity index is 0.00000631. The first-order valence-electron chi connectivity index (χ1n) is 28.0. The number of aromatic nitrogens is 2. The van der Waals surface area contributed by atoms with Crippen molar-refractivity contribution in [2.24, 2.45) is 0 Å². The number of fused-ring (bicyclic) bond motifs is 7. The average Bonchev–Trinajstić information content (AvgIpc) is 4.34. The summed E-state index contributed by atoms with van der Waals surface area (Å²) >= 11 is 0. The molecule has 3 heterocycles. The molecule has 0 unspecified atom stereocenters. The van der Waals surface area contributed by atoms with Crippen molar-refractivity contribution in [3.8, 4) is 50.7 Å². The van der Waals surface area contributed by atoms with Gasteiger partial charge in [-0.25, -0.2) is 4.98 Å². The second-order valence-electron chi connectivity index (χ2n) is 20.3. The van der Waals surface area contributed by atoms with Crippen LogP contribution >= 0.6 is 0 Å². The van der Waals surface area contributed by atoms with Crippen molar-refractivity contribution >= 4 is 50.6 Å². The molecule has 5 nitrogen and oxygen atoms in total. The van der Waals surface area contributed by atoms with Gasteiger partial charge >= 0.3 is 27.1 Å². The minimum absolute atomic E-state index is 0. The summed E-state index contributed by atoms with van der Waals surface area (Å²) in [5.74, 6) is 1.75. The summed E-state index contributed by atoms with van der Waals surface area (Å²) in [7, 11) is 0. The van der Waals surface area contributed by atoms with E-state index in [9.17, 15) is 2.74 Å². The fourth-order valence-corrected chi connectivity index (χ4v) is 11.5. The SMILES string of the molecule is [2H]c1c([2H])c([2H])c(-c2cccc(-c3ccc4c(c3)C(c3ccccc3)(c3ccccc3)c3ccccc3-4)c2[N+]2=C=[N+](c3[c-]c(Oc4[c-]c5c(cc4)c4ccccc4n5-c4cc(C(C)(C)C)ccn4)ccc3)c3ccccc32)c([2H])c1[2H].[Pt+2]. The van der Waals surface area contributed by atoms with E-state index in [1.165, 1.54) is 11.1 Å². The summed E-state index contributed by atoms with van der Waals surface area (Å²) in [5.41, 5.74) is 14.0. The molecule has 0 fully saturated rings. The number of nitrogens with zero attached hydrogens (tertiary/aromatic N) is 4. The second-order valence-corrected chi connectivity index (χ2v) is 20.3. The molecule has 0 spiro atoms. The quantitative estimate of drug-likeness (QED) is 0.107. The van der Waals surface area contributed by atoms with E-state index in [1.807, 2.05) is 106 Å². The Labute approximate surface area is 470 Å². The van der Waals surface area contributed by atoms with Gasteiger partial charge in [-0.15, -0.1) is 23.6 Å². The van der Waals surface area contributed by atoms with E-state index in [4.69, 9.17) is 13.8 Å². The fourth-order valence-electron chi connectivity index (χ4n) is 11.5. The van der Waals surface area contributed by atoms with E-state index < -0.39 is 23.5 Å². The molecule has 0 atom stereocenters. The first kappa shape index (κ1) is 42.3. The van der Waals surface area contributed by atoms with Gasteiger partial charge in [0.05, 0.1) is 23.4 Å². The molecular weight excluding hydrogens is 1120 g/mol. The molecular formula is C71H50N4OPt+2. The van der Waals surface area contributed by atoms with E-state index >= 15 is 0 Å². The van der Waals surface area contributed by atoms with Crippen molar-refractivity contribution in [2.45, 2.75) is 31.6 Å². The molecule has 0 amide bonds. The molecule has 77 heavy (non-hydrogen) atoms. The predicted molar refractivity (Wildman–Crippen MR) is 310 cm³/mol. The van der Waals surface area contributed by atoms with Crippen molar-refractivity contribution in [1.82, 2.24) is 18.7 Å². The van der Waals surface area contributed by atoms with Crippen LogP contribution < -0.4 is 13.9 Å². The summed E-state index contributed by atoms with van der Waals surface area (Å²) in [6.45, 7) is 6.60. The predicted octanol–water partition coefficient (Wildman–Crippen LogP) is 17.4. The number of rotatable bonds is 9. The van der Waals surface area contributed by atoms with Crippen molar-refractivity contribution < 1.29 is 32.7 Å². The average molecular weight is 1180 g/mol. The monoisotopic (exact) mass is 1170 g/mol. The smallest absolute Gasteiger partial charge is 0.509 e. The van der Waals surface area contributed by atoms with Crippen LogP contribution in [0.5, 0.6) is 11.5 Å². The normalized spacial score (nSPS) is 14.0. The molecule has 2 aromatic heterocycles. The van der Waals surface area contributed by atoms with Crippen LogP contribution in [-0.2, 0) is 31.9 Å². The molecule has 1 aliphatic carbocycles. The summed E-state index contributed by atoms with van der Waals surface area (Å²) in [6.07, 6.45) is 1.87. The Morgan fingerprint density at radius 2 is 1.18 bits per heavy atom. The van der Waals surface area contributed by atoms with Crippen LogP contribution in [0.15, 0.2) is 249 Å². The molecule has 6 heteroatoms. The summed E-state index contributed by atoms with van der Waals surface area (Å²) < 4.78 is 57.8. The Hall–Kier alpha value is -8.98. The van der Waals surface area contributed by atoms with Crippen molar-refractivity contribution in [3.05, 3.63) is 289 Å². The summed E-state index contributed by atoms with van der Waals surface area (Å²) in [5, 5.41) is 2.11.